The summed E-state index contributed by atoms with van der Waals surface area (Å²) in [6.07, 6.45) is 2.76. The van der Waals surface area contributed by atoms with E-state index in [9.17, 15) is 10.1 Å². The van der Waals surface area contributed by atoms with Crippen molar-refractivity contribution in [3.8, 4) is 11.6 Å². The predicted molar refractivity (Wildman–Crippen MR) is 73.6 cm³/mol. The van der Waals surface area contributed by atoms with E-state index in [4.69, 9.17) is 10.5 Å². The Morgan fingerprint density at radius 2 is 2.10 bits per heavy atom. The molecule has 0 fully saturated rings. The Balaban J connectivity index is 2.40. The highest BCUT2D eigenvalue weighted by Gasteiger charge is 2.17. The van der Waals surface area contributed by atoms with Crippen molar-refractivity contribution < 1.29 is 9.66 Å². The van der Waals surface area contributed by atoms with Crippen LogP contribution in [0.2, 0.25) is 0 Å². The molecule has 0 atom stereocenters. The fraction of sp³-hybridized carbons (Fsp3) is 0.231. The number of anilines is 1. The summed E-state index contributed by atoms with van der Waals surface area (Å²) in [6, 6.07) is 6.13. The van der Waals surface area contributed by atoms with E-state index in [0.717, 1.165) is 6.42 Å². The third-order valence-corrected chi connectivity index (χ3v) is 2.71. The average molecular weight is 274 g/mol. The number of nitrogens with zero attached hydrogens (tertiary/aromatic N) is 3. The van der Waals surface area contributed by atoms with Gasteiger partial charge in [0.25, 0.3) is 0 Å². The highest BCUT2D eigenvalue weighted by atomic mass is 16.6. The van der Waals surface area contributed by atoms with Crippen LogP contribution in [0.15, 0.2) is 30.6 Å². The molecule has 0 aliphatic carbocycles. The lowest BCUT2D eigenvalue weighted by molar-refractivity contribution is -0.385. The molecule has 0 bridgehead atoms. The van der Waals surface area contributed by atoms with Gasteiger partial charge in [0.15, 0.2) is 0 Å². The lowest BCUT2D eigenvalue weighted by Crippen LogP contribution is -2.03. The van der Waals surface area contributed by atoms with Gasteiger partial charge in [0.2, 0.25) is 11.6 Å². The Labute approximate surface area is 115 Å². The van der Waals surface area contributed by atoms with Crippen LogP contribution >= 0.6 is 0 Å². The SMILES string of the molecule is CCCc1c(N)ncnc1Oc1ccccc1[N+](=O)[O-]. The van der Waals surface area contributed by atoms with E-state index in [1.165, 1.54) is 18.5 Å². The van der Waals surface area contributed by atoms with Crippen molar-refractivity contribution in [1.82, 2.24) is 9.97 Å². The Kier molecular flexibility index (Phi) is 4.09. The van der Waals surface area contributed by atoms with Crippen LogP contribution in [0.5, 0.6) is 11.6 Å². The van der Waals surface area contributed by atoms with Gasteiger partial charge in [-0.1, -0.05) is 25.5 Å². The fourth-order valence-corrected chi connectivity index (χ4v) is 1.78. The van der Waals surface area contributed by atoms with E-state index in [-0.39, 0.29) is 17.3 Å². The molecule has 2 N–H and O–H groups in total. The quantitative estimate of drug-likeness (QED) is 0.664. The molecule has 0 saturated heterocycles. The van der Waals surface area contributed by atoms with Gasteiger partial charge in [-0.15, -0.1) is 0 Å². The zero-order valence-electron chi connectivity index (χ0n) is 10.9. The molecule has 1 heterocycles. The third-order valence-electron chi connectivity index (χ3n) is 2.71. The first-order chi connectivity index (χ1) is 9.63. The lowest BCUT2D eigenvalue weighted by atomic mass is 10.2. The minimum Gasteiger partial charge on any atom is -0.431 e. The highest BCUT2D eigenvalue weighted by Crippen LogP contribution is 2.32. The molecule has 1 aromatic carbocycles. The topological polar surface area (TPSA) is 104 Å². The van der Waals surface area contributed by atoms with E-state index in [0.29, 0.717) is 17.8 Å². The van der Waals surface area contributed by atoms with Crippen LogP contribution in [0.25, 0.3) is 0 Å². The summed E-state index contributed by atoms with van der Waals surface area (Å²) in [5.74, 6) is 0.719. The summed E-state index contributed by atoms with van der Waals surface area (Å²) in [6.45, 7) is 1.99. The number of ether oxygens (including phenoxy) is 1. The number of hydrogen-bond donors (Lipinski definition) is 1. The molecule has 0 radical (unpaired) electrons. The Bertz CT molecular complexity index is 631. The van der Waals surface area contributed by atoms with E-state index < -0.39 is 4.92 Å². The number of rotatable bonds is 5. The van der Waals surface area contributed by atoms with Crippen molar-refractivity contribution >= 4 is 11.5 Å². The molecule has 0 unspecified atom stereocenters. The normalized spacial score (nSPS) is 10.2. The number of nitrogens with two attached hydrogens (primary N) is 1. The van der Waals surface area contributed by atoms with Crippen molar-refractivity contribution in [3.05, 3.63) is 46.3 Å². The van der Waals surface area contributed by atoms with Crippen LogP contribution in [-0.4, -0.2) is 14.9 Å². The van der Waals surface area contributed by atoms with Crippen LogP contribution in [0, 0.1) is 10.1 Å². The van der Waals surface area contributed by atoms with Gasteiger partial charge in [-0.25, -0.2) is 9.97 Å². The van der Waals surface area contributed by atoms with Crippen LogP contribution in [-0.2, 0) is 6.42 Å². The minimum atomic E-state index is -0.501. The van der Waals surface area contributed by atoms with Crippen molar-refractivity contribution in [2.45, 2.75) is 19.8 Å². The molecule has 7 heteroatoms. The second-order valence-corrected chi connectivity index (χ2v) is 4.12. The molecular weight excluding hydrogens is 260 g/mol. The van der Waals surface area contributed by atoms with Crippen molar-refractivity contribution in [2.75, 3.05) is 5.73 Å². The van der Waals surface area contributed by atoms with Crippen LogP contribution < -0.4 is 10.5 Å². The standard InChI is InChI=1S/C13H14N4O3/c1-2-5-9-12(14)15-8-16-13(9)20-11-7-4-3-6-10(11)17(18)19/h3-4,6-8H,2,5H2,1H3,(H2,14,15,16). The highest BCUT2D eigenvalue weighted by molar-refractivity contribution is 5.51. The average Bonchev–Trinajstić information content (AvgIpc) is 2.43. The van der Waals surface area contributed by atoms with Crippen molar-refractivity contribution in [3.63, 3.8) is 0 Å². The van der Waals surface area contributed by atoms with E-state index in [2.05, 4.69) is 9.97 Å². The summed E-state index contributed by atoms with van der Waals surface area (Å²) >= 11 is 0. The molecule has 104 valence electrons. The molecule has 0 saturated carbocycles. The summed E-state index contributed by atoms with van der Waals surface area (Å²) in [5.41, 5.74) is 6.34. The lowest BCUT2D eigenvalue weighted by Gasteiger charge is -2.10. The van der Waals surface area contributed by atoms with Gasteiger partial charge in [0, 0.05) is 6.07 Å². The Morgan fingerprint density at radius 1 is 1.35 bits per heavy atom. The van der Waals surface area contributed by atoms with Gasteiger partial charge in [0.1, 0.15) is 12.1 Å². The third kappa shape index (κ3) is 2.82. The van der Waals surface area contributed by atoms with E-state index in [1.807, 2.05) is 6.92 Å². The Hall–Kier alpha value is -2.70. The second kappa shape index (κ2) is 5.96. The van der Waals surface area contributed by atoms with Gasteiger partial charge in [0.05, 0.1) is 10.5 Å². The fourth-order valence-electron chi connectivity index (χ4n) is 1.78. The first-order valence-corrected chi connectivity index (χ1v) is 6.14. The van der Waals surface area contributed by atoms with Crippen LogP contribution in [0.4, 0.5) is 11.5 Å². The number of nitrogen functional groups attached to an aromatic ring is 1. The zero-order valence-corrected chi connectivity index (χ0v) is 10.9. The van der Waals surface area contributed by atoms with E-state index >= 15 is 0 Å². The number of benzene rings is 1. The first-order valence-electron chi connectivity index (χ1n) is 6.14. The van der Waals surface area contributed by atoms with Gasteiger partial charge >= 0.3 is 5.69 Å². The summed E-state index contributed by atoms with van der Waals surface area (Å²) in [4.78, 5) is 18.4. The molecule has 0 amide bonds. The van der Waals surface area contributed by atoms with Gasteiger partial charge in [-0.2, -0.15) is 0 Å². The maximum atomic E-state index is 11.0. The molecule has 2 aromatic rings. The zero-order chi connectivity index (χ0) is 14.5. The number of para-hydroxylation sites is 2. The molecule has 1 aromatic heterocycles. The van der Waals surface area contributed by atoms with Gasteiger partial charge in [-0.05, 0) is 12.5 Å². The van der Waals surface area contributed by atoms with Crippen LogP contribution in [0.3, 0.4) is 0 Å². The maximum Gasteiger partial charge on any atom is 0.311 e. The van der Waals surface area contributed by atoms with E-state index in [1.54, 1.807) is 12.1 Å². The summed E-state index contributed by atoms with van der Waals surface area (Å²) in [5, 5.41) is 11.0. The van der Waals surface area contributed by atoms with Gasteiger partial charge in [-0.3, -0.25) is 10.1 Å². The number of nitro groups is 1. The maximum absolute atomic E-state index is 11.0. The second-order valence-electron chi connectivity index (χ2n) is 4.12. The number of nitro benzene ring substituents is 1. The molecule has 20 heavy (non-hydrogen) atoms. The number of hydrogen-bond acceptors (Lipinski definition) is 6. The Morgan fingerprint density at radius 3 is 2.80 bits per heavy atom. The summed E-state index contributed by atoms with van der Waals surface area (Å²) < 4.78 is 5.56. The minimum absolute atomic E-state index is 0.118. The predicted octanol–water partition coefficient (Wildman–Crippen LogP) is 2.71. The van der Waals surface area contributed by atoms with Crippen molar-refractivity contribution in [1.29, 1.82) is 0 Å². The molecule has 0 aliphatic heterocycles. The number of aromatic nitrogens is 2. The molecular formula is C13H14N4O3. The molecule has 7 nitrogen and oxygen atoms in total. The van der Waals surface area contributed by atoms with Crippen LogP contribution in [0.1, 0.15) is 18.9 Å². The molecule has 2 rings (SSSR count). The molecule has 0 spiro atoms. The molecule has 0 aliphatic rings. The van der Waals surface area contributed by atoms with Gasteiger partial charge < -0.3 is 10.5 Å². The first kappa shape index (κ1) is 13.7. The van der Waals surface area contributed by atoms with Crippen molar-refractivity contribution in [2.24, 2.45) is 0 Å². The largest absolute Gasteiger partial charge is 0.431 e. The summed E-state index contributed by atoms with van der Waals surface area (Å²) in [7, 11) is 0. The monoisotopic (exact) mass is 274 g/mol. The smallest absolute Gasteiger partial charge is 0.311 e.